The molecule has 2 aromatic carbocycles. The van der Waals surface area contributed by atoms with Gasteiger partial charge in [-0.2, -0.15) is 0 Å². The van der Waals surface area contributed by atoms with E-state index in [4.69, 9.17) is 11.6 Å². The Bertz CT molecular complexity index is 750. The van der Waals surface area contributed by atoms with E-state index in [0.29, 0.717) is 10.4 Å². The highest BCUT2D eigenvalue weighted by molar-refractivity contribution is 6.30. The van der Waals surface area contributed by atoms with Crippen LogP contribution in [-0.2, 0) is 6.54 Å². The lowest BCUT2D eigenvalue weighted by Gasteiger charge is -2.45. The summed E-state index contributed by atoms with van der Waals surface area (Å²) in [5, 5.41) is 15.3. The Kier molecular flexibility index (Phi) is 5.84. The maximum atomic E-state index is 11.0. The van der Waals surface area contributed by atoms with E-state index in [9.17, 15) is 5.11 Å². The molecule has 4 rings (SSSR count). The van der Waals surface area contributed by atoms with E-state index in [1.165, 1.54) is 31.2 Å². The monoisotopic (exact) mass is 384 g/mol. The first kappa shape index (κ1) is 18.9. The first-order valence-corrected chi connectivity index (χ1v) is 10.5. The van der Waals surface area contributed by atoms with Crippen molar-refractivity contribution < 1.29 is 5.11 Å². The number of halogens is 1. The fourth-order valence-electron chi connectivity index (χ4n) is 4.83. The number of hydrogen-bond acceptors (Lipinski definition) is 3. The zero-order chi connectivity index (χ0) is 18.7. The van der Waals surface area contributed by atoms with Gasteiger partial charge in [0.05, 0.1) is 0 Å². The highest BCUT2D eigenvalue weighted by Crippen LogP contribution is 2.37. The molecule has 2 unspecified atom stereocenters. The number of nitrogens with zero attached hydrogens (tertiary/aromatic N) is 1. The average Bonchev–Trinajstić information content (AvgIpc) is 2.69. The molecule has 0 amide bonds. The third kappa shape index (κ3) is 4.38. The van der Waals surface area contributed by atoms with Crippen LogP contribution in [0.25, 0.3) is 0 Å². The van der Waals surface area contributed by atoms with E-state index in [-0.39, 0.29) is 0 Å². The minimum Gasteiger partial charge on any atom is -0.384 e. The molecule has 0 saturated carbocycles. The van der Waals surface area contributed by atoms with Crippen LogP contribution in [0.15, 0.2) is 48.5 Å². The molecule has 1 spiro atoms. The van der Waals surface area contributed by atoms with Crippen molar-refractivity contribution in [3.63, 3.8) is 0 Å². The zero-order valence-electron chi connectivity index (χ0n) is 15.8. The minimum atomic E-state index is -0.617. The Morgan fingerprint density at radius 2 is 1.85 bits per heavy atom. The fraction of sp³-hybridized carbons (Fsp3) is 0.478. The molecule has 27 heavy (non-hydrogen) atoms. The summed E-state index contributed by atoms with van der Waals surface area (Å²) in [7, 11) is 0. The van der Waals surface area contributed by atoms with Gasteiger partial charge in [0.1, 0.15) is 6.10 Å². The predicted molar refractivity (Wildman–Crippen MR) is 111 cm³/mol. The Balaban J connectivity index is 1.51. The molecule has 144 valence electrons. The smallest absolute Gasteiger partial charge is 0.104 e. The molecular weight excluding hydrogens is 356 g/mol. The maximum absolute atomic E-state index is 11.0. The van der Waals surface area contributed by atoms with Crippen LogP contribution in [0.4, 0.5) is 0 Å². The van der Waals surface area contributed by atoms with Crippen molar-refractivity contribution in [1.29, 1.82) is 0 Å². The van der Waals surface area contributed by atoms with Crippen LogP contribution in [-0.4, -0.2) is 36.2 Å². The van der Waals surface area contributed by atoms with E-state index in [0.717, 1.165) is 43.9 Å². The number of hydrogen-bond donors (Lipinski definition) is 2. The largest absolute Gasteiger partial charge is 0.384 e. The molecule has 2 heterocycles. The van der Waals surface area contributed by atoms with Crippen molar-refractivity contribution >= 4 is 11.6 Å². The standard InChI is InChI=1S/C23H29ClN2O/c24-20-9-7-18(8-10-20)22(27)21-6-2-1-5-19(21)15-26-14-4-12-23(17-26)11-3-13-25-16-23/h1-2,5-10,22,25,27H,3-4,11-17H2. The van der Waals surface area contributed by atoms with Gasteiger partial charge in [0, 0.05) is 24.7 Å². The average molecular weight is 385 g/mol. The van der Waals surface area contributed by atoms with Gasteiger partial charge in [-0.25, -0.2) is 0 Å². The molecule has 2 aliphatic heterocycles. The first-order valence-electron chi connectivity index (χ1n) is 10.1. The molecule has 0 aromatic heterocycles. The topological polar surface area (TPSA) is 35.5 Å². The number of rotatable bonds is 4. The Hall–Kier alpha value is -1.39. The van der Waals surface area contributed by atoms with E-state index >= 15 is 0 Å². The quantitative estimate of drug-likeness (QED) is 0.820. The van der Waals surface area contributed by atoms with Gasteiger partial charge in [-0.05, 0) is 73.0 Å². The summed E-state index contributed by atoms with van der Waals surface area (Å²) in [4.78, 5) is 2.59. The fourth-order valence-corrected chi connectivity index (χ4v) is 4.96. The highest BCUT2D eigenvalue weighted by Gasteiger charge is 2.36. The van der Waals surface area contributed by atoms with E-state index in [1.54, 1.807) is 0 Å². The highest BCUT2D eigenvalue weighted by atomic mass is 35.5. The lowest BCUT2D eigenvalue weighted by Crippen LogP contribution is -2.50. The van der Waals surface area contributed by atoms with Gasteiger partial charge in [0.15, 0.2) is 0 Å². The minimum absolute atomic E-state index is 0.445. The van der Waals surface area contributed by atoms with Gasteiger partial charge in [-0.15, -0.1) is 0 Å². The van der Waals surface area contributed by atoms with E-state index < -0.39 is 6.10 Å². The molecule has 2 atom stereocenters. The summed E-state index contributed by atoms with van der Waals surface area (Å²) < 4.78 is 0. The number of aliphatic hydroxyl groups excluding tert-OH is 1. The Morgan fingerprint density at radius 1 is 1.07 bits per heavy atom. The molecule has 0 bridgehead atoms. The van der Waals surface area contributed by atoms with Crippen LogP contribution in [0.3, 0.4) is 0 Å². The number of likely N-dealkylation sites (tertiary alicyclic amines) is 1. The first-order chi connectivity index (χ1) is 13.2. The van der Waals surface area contributed by atoms with Crippen molar-refractivity contribution in [2.45, 2.75) is 38.3 Å². The molecule has 2 fully saturated rings. The van der Waals surface area contributed by atoms with Crippen molar-refractivity contribution in [2.24, 2.45) is 5.41 Å². The Morgan fingerprint density at radius 3 is 2.63 bits per heavy atom. The van der Waals surface area contributed by atoms with Gasteiger partial charge in [0.2, 0.25) is 0 Å². The number of piperidine rings is 2. The SMILES string of the molecule is OC(c1ccc(Cl)cc1)c1ccccc1CN1CCCC2(CCCNC2)C1. The molecule has 3 nitrogen and oxygen atoms in total. The summed E-state index contributed by atoms with van der Waals surface area (Å²) in [6, 6.07) is 15.8. The molecule has 2 aromatic rings. The maximum Gasteiger partial charge on any atom is 0.104 e. The van der Waals surface area contributed by atoms with Crippen LogP contribution in [0.1, 0.15) is 48.5 Å². The van der Waals surface area contributed by atoms with Crippen molar-refractivity contribution in [1.82, 2.24) is 10.2 Å². The summed E-state index contributed by atoms with van der Waals surface area (Å²) in [5.74, 6) is 0. The van der Waals surface area contributed by atoms with Gasteiger partial charge in [-0.1, -0.05) is 48.0 Å². The third-order valence-corrected chi connectivity index (χ3v) is 6.48. The normalized spacial score (nSPS) is 24.8. The zero-order valence-corrected chi connectivity index (χ0v) is 16.6. The lowest BCUT2D eigenvalue weighted by atomic mass is 9.74. The van der Waals surface area contributed by atoms with Crippen molar-refractivity contribution in [3.05, 3.63) is 70.2 Å². The van der Waals surface area contributed by atoms with Crippen LogP contribution < -0.4 is 5.32 Å². The lowest BCUT2D eigenvalue weighted by molar-refractivity contribution is 0.0595. The van der Waals surface area contributed by atoms with Gasteiger partial charge in [0.25, 0.3) is 0 Å². The Labute approximate surface area is 167 Å². The molecule has 2 N–H and O–H groups in total. The van der Waals surface area contributed by atoms with E-state index in [1.807, 2.05) is 30.3 Å². The predicted octanol–water partition coefficient (Wildman–Crippen LogP) is 4.39. The second kappa shape index (κ2) is 8.32. The van der Waals surface area contributed by atoms with Crippen LogP contribution in [0.5, 0.6) is 0 Å². The van der Waals surface area contributed by atoms with Crippen LogP contribution in [0.2, 0.25) is 5.02 Å². The van der Waals surface area contributed by atoms with E-state index in [2.05, 4.69) is 28.4 Å². The molecule has 2 saturated heterocycles. The second-order valence-electron chi connectivity index (χ2n) is 8.25. The van der Waals surface area contributed by atoms with Gasteiger partial charge < -0.3 is 10.4 Å². The molecular formula is C23H29ClN2O. The summed E-state index contributed by atoms with van der Waals surface area (Å²) in [6.07, 6.45) is 4.62. The van der Waals surface area contributed by atoms with Crippen LogP contribution >= 0.6 is 11.6 Å². The summed E-state index contributed by atoms with van der Waals surface area (Å²) in [6.45, 7) is 5.53. The number of benzene rings is 2. The molecule has 4 heteroatoms. The molecule has 0 aliphatic carbocycles. The second-order valence-corrected chi connectivity index (χ2v) is 8.68. The summed E-state index contributed by atoms with van der Waals surface area (Å²) in [5.41, 5.74) is 3.56. The number of nitrogens with one attached hydrogen (secondary N) is 1. The molecule has 2 aliphatic rings. The number of aliphatic hydroxyl groups is 1. The summed E-state index contributed by atoms with van der Waals surface area (Å²) >= 11 is 6.00. The van der Waals surface area contributed by atoms with Gasteiger partial charge in [-0.3, -0.25) is 4.90 Å². The van der Waals surface area contributed by atoms with Crippen LogP contribution in [0, 0.1) is 5.41 Å². The molecule has 0 radical (unpaired) electrons. The van der Waals surface area contributed by atoms with Crippen molar-refractivity contribution in [3.8, 4) is 0 Å². The third-order valence-electron chi connectivity index (χ3n) is 6.23. The van der Waals surface area contributed by atoms with Crippen molar-refractivity contribution in [2.75, 3.05) is 26.2 Å². The van der Waals surface area contributed by atoms with Gasteiger partial charge >= 0.3 is 0 Å².